The van der Waals surface area contributed by atoms with Gasteiger partial charge in [0.25, 0.3) is 0 Å². The molecule has 0 amide bonds. The zero-order valence-corrected chi connectivity index (χ0v) is 17.1. The molecule has 3 atom stereocenters. The Morgan fingerprint density at radius 3 is 2.50 bits per heavy atom. The smallest absolute Gasteiger partial charge is 0.127 e. The standard InChI is InChI=1S/C24H29NO2.ClH/c1-3-8-17(9-4-1)23-20-12-7-15-26-24(20)21-16-19(13-14-22(21)25-23)27-18-10-5-2-6-11-18;/h2,5-6,10-11,13-14,16-17,20,23-25H,1,3-4,7-9,12,15H2;1H/t20-,23+,24-;/m0./s1. The van der Waals surface area contributed by atoms with Gasteiger partial charge in [0, 0.05) is 29.8 Å². The van der Waals surface area contributed by atoms with Gasteiger partial charge >= 0.3 is 0 Å². The number of nitrogens with one attached hydrogen (secondary N) is 1. The normalized spacial score (nSPS) is 26.9. The second-order valence-electron chi connectivity index (χ2n) is 8.33. The molecular formula is C24H30ClNO2. The monoisotopic (exact) mass is 399 g/mol. The van der Waals surface area contributed by atoms with Crippen LogP contribution < -0.4 is 10.1 Å². The van der Waals surface area contributed by atoms with Crippen LogP contribution in [0.15, 0.2) is 48.5 Å². The van der Waals surface area contributed by atoms with Crippen molar-refractivity contribution in [1.82, 2.24) is 0 Å². The Morgan fingerprint density at radius 2 is 1.68 bits per heavy atom. The second kappa shape index (κ2) is 8.75. The number of fused-ring (bicyclic) bond motifs is 3. The predicted octanol–water partition coefficient (Wildman–Crippen LogP) is 6.74. The lowest BCUT2D eigenvalue weighted by Crippen LogP contribution is -2.46. The second-order valence-corrected chi connectivity index (χ2v) is 8.33. The molecule has 1 aliphatic carbocycles. The highest BCUT2D eigenvalue weighted by molar-refractivity contribution is 5.85. The number of ether oxygens (including phenoxy) is 2. The molecule has 0 spiro atoms. The molecule has 150 valence electrons. The van der Waals surface area contributed by atoms with E-state index in [9.17, 15) is 0 Å². The molecule has 1 saturated carbocycles. The van der Waals surface area contributed by atoms with E-state index in [4.69, 9.17) is 9.47 Å². The van der Waals surface area contributed by atoms with Crippen molar-refractivity contribution in [2.75, 3.05) is 11.9 Å². The zero-order valence-electron chi connectivity index (χ0n) is 16.3. The lowest BCUT2D eigenvalue weighted by molar-refractivity contribution is -0.0458. The van der Waals surface area contributed by atoms with Gasteiger partial charge in [-0.25, -0.2) is 0 Å². The summed E-state index contributed by atoms with van der Waals surface area (Å²) < 4.78 is 12.4. The topological polar surface area (TPSA) is 30.5 Å². The predicted molar refractivity (Wildman–Crippen MR) is 116 cm³/mol. The molecule has 1 saturated heterocycles. The minimum absolute atomic E-state index is 0. The molecule has 2 heterocycles. The summed E-state index contributed by atoms with van der Waals surface area (Å²) in [6.07, 6.45) is 9.57. The van der Waals surface area contributed by atoms with Crippen molar-refractivity contribution in [1.29, 1.82) is 0 Å². The van der Waals surface area contributed by atoms with E-state index in [0.717, 1.165) is 24.0 Å². The first-order valence-corrected chi connectivity index (χ1v) is 10.6. The van der Waals surface area contributed by atoms with Gasteiger partial charge in [0.05, 0.1) is 6.10 Å². The lowest BCUT2D eigenvalue weighted by Gasteiger charge is -2.47. The molecule has 0 bridgehead atoms. The van der Waals surface area contributed by atoms with Crippen molar-refractivity contribution in [2.24, 2.45) is 11.8 Å². The zero-order chi connectivity index (χ0) is 18.1. The van der Waals surface area contributed by atoms with Crippen LogP contribution in [-0.2, 0) is 4.74 Å². The number of hydrogen-bond acceptors (Lipinski definition) is 3. The molecule has 2 aromatic rings. The highest BCUT2D eigenvalue weighted by atomic mass is 35.5. The Hall–Kier alpha value is -1.71. The highest BCUT2D eigenvalue weighted by Crippen LogP contribution is 2.48. The minimum Gasteiger partial charge on any atom is -0.457 e. The summed E-state index contributed by atoms with van der Waals surface area (Å²) in [4.78, 5) is 0. The average Bonchev–Trinajstić information content (AvgIpc) is 2.75. The maximum absolute atomic E-state index is 6.34. The SMILES string of the molecule is Cl.c1ccc(Oc2ccc3c(c2)[C@H]2OCCC[C@H]2[C@@H](C2CCCCC2)N3)cc1. The van der Waals surface area contributed by atoms with Crippen molar-refractivity contribution in [2.45, 2.75) is 57.1 Å². The molecule has 2 aromatic carbocycles. The van der Waals surface area contributed by atoms with Gasteiger partial charge in [0.15, 0.2) is 0 Å². The number of halogens is 1. The Balaban J connectivity index is 0.00000192. The third-order valence-electron chi connectivity index (χ3n) is 6.62. The van der Waals surface area contributed by atoms with Gasteiger partial charge in [-0.1, -0.05) is 37.5 Å². The van der Waals surface area contributed by atoms with Crippen molar-refractivity contribution < 1.29 is 9.47 Å². The van der Waals surface area contributed by atoms with Gasteiger partial charge in [-0.05, 0) is 61.9 Å². The maximum Gasteiger partial charge on any atom is 0.127 e. The fourth-order valence-corrected chi connectivity index (χ4v) is 5.34. The Kier molecular flexibility index (Phi) is 6.13. The van der Waals surface area contributed by atoms with Crippen molar-refractivity contribution in [3.8, 4) is 11.5 Å². The van der Waals surface area contributed by atoms with E-state index in [2.05, 4.69) is 23.5 Å². The van der Waals surface area contributed by atoms with E-state index >= 15 is 0 Å². The van der Waals surface area contributed by atoms with Gasteiger partial charge in [-0.15, -0.1) is 12.4 Å². The van der Waals surface area contributed by atoms with Gasteiger partial charge < -0.3 is 14.8 Å². The summed E-state index contributed by atoms with van der Waals surface area (Å²) in [5.41, 5.74) is 2.52. The van der Waals surface area contributed by atoms with Gasteiger partial charge in [-0.2, -0.15) is 0 Å². The fraction of sp³-hybridized carbons (Fsp3) is 0.500. The van der Waals surface area contributed by atoms with Crippen LogP contribution in [0.25, 0.3) is 0 Å². The van der Waals surface area contributed by atoms with Crippen molar-refractivity contribution >= 4 is 18.1 Å². The summed E-state index contributed by atoms with van der Waals surface area (Å²) in [7, 11) is 0. The third kappa shape index (κ3) is 3.88. The average molecular weight is 400 g/mol. The first kappa shape index (κ1) is 19.6. The van der Waals surface area contributed by atoms with Crippen LogP contribution in [0, 0.1) is 11.8 Å². The first-order valence-electron chi connectivity index (χ1n) is 10.6. The molecule has 1 N–H and O–H groups in total. The molecule has 0 aromatic heterocycles. The largest absolute Gasteiger partial charge is 0.457 e. The summed E-state index contributed by atoms with van der Waals surface area (Å²) in [6.45, 7) is 0.877. The van der Waals surface area contributed by atoms with Gasteiger partial charge in [-0.3, -0.25) is 0 Å². The molecule has 0 unspecified atom stereocenters. The summed E-state index contributed by atoms with van der Waals surface area (Å²) in [5.74, 6) is 3.15. The third-order valence-corrected chi connectivity index (χ3v) is 6.62. The summed E-state index contributed by atoms with van der Waals surface area (Å²) in [5, 5.41) is 3.92. The van der Waals surface area contributed by atoms with Crippen LogP contribution in [0.3, 0.4) is 0 Å². The Morgan fingerprint density at radius 1 is 0.857 bits per heavy atom. The van der Waals surface area contributed by atoms with E-state index in [-0.39, 0.29) is 18.5 Å². The molecule has 2 aliphatic heterocycles. The number of hydrogen-bond donors (Lipinski definition) is 1. The van der Waals surface area contributed by atoms with E-state index in [1.54, 1.807) is 0 Å². The quantitative estimate of drug-likeness (QED) is 0.619. The molecule has 4 heteroatoms. The van der Waals surface area contributed by atoms with Crippen LogP contribution in [-0.4, -0.2) is 12.6 Å². The van der Waals surface area contributed by atoms with Gasteiger partial charge in [0.1, 0.15) is 11.5 Å². The summed E-state index contributed by atoms with van der Waals surface area (Å²) >= 11 is 0. The highest BCUT2D eigenvalue weighted by Gasteiger charge is 2.42. The van der Waals surface area contributed by atoms with Crippen LogP contribution in [0.1, 0.15) is 56.6 Å². The van der Waals surface area contributed by atoms with Crippen molar-refractivity contribution in [3.63, 3.8) is 0 Å². The lowest BCUT2D eigenvalue weighted by atomic mass is 9.71. The molecule has 0 radical (unpaired) electrons. The maximum atomic E-state index is 6.34. The Labute approximate surface area is 174 Å². The van der Waals surface area contributed by atoms with Crippen LogP contribution in [0.4, 0.5) is 5.69 Å². The number of benzene rings is 2. The first-order chi connectivity index (χ1) is 13.4. The summed E-state index contributed by atoms with van der Waals surface area (Å²) in [6, 6.07) is 17.0. The van der Waals surface area contributed by atoms with Crippen LogP contribution in [0.5, 0.6) is 11.5 Å². The van der Waals surface area contributed by atoms with Crippen LogP contribution >= 0.6 is 12.4 Å². The number of rotatable bonds is 3. The van der Waals surface area contributed by atoms with E-state index in [1.807, 2.05) is 30.3 Å². The van der Waals surface area contributed by atoms with E-state index < -0.39 is 0 Å². The van der Waals surface area contributed by atoms with Crippen molar-refractivity contribution in [3.05, 3.63) is 54.1 Å². The molecule has 5 rings (SSSR count). The minimum atomic E-state index is 0. The number of para-hydroxylation sites is 1. The Bertz CT molecular complexity index is 775. The van der Waals surface area contributed by atoms with E-state index in [1.165, 1.54) is 56.2 Å². The molecule has 3 nitrogen and oxygen atoms in total. The van der Waals surface area contributed by atoms with Gasteiger partial charge in [0.2, 0.25) is 0 Å². The number of anilines is 1. The van der Waals surface area contributed by atoms with Crippen LogP contribution in [0.2, 0.25) is 0 Å². The molecule has 3 aliphatic rings. The molecular weight excluding hydrogens is 370 g/mol. The van der Waals surface area contributed by atoms with E-state index in [0.29, 0.717) is 12.0 Å². The molecule has 2 fully saturated rings. The molecule has 28 heavy (non-hydrogen) atoms. The fourth-order valence-electron chi connectivity index (χ4n) is 5.34.